The largest absolute Gasteiger partial charge is 0.494 e. The number of nitrogens with one attached hydrogen (secondary N) is 1. The normalized spacial score (nSPS) is 10.7. The summed E-state index contributed by atoms with van der Waals surface area (Å²) in [5.74, 6) is 0.494. The van der Waals surface area contributed by atoms with Crippen molar-refractivity contribution < 1.29 is 9.53 Å². The number of fused-ring (bicyclic) bond motifs is 1. The number of anilines is 1. The SMILES string of the molecule is CCOc1ccc(NC(=O)c2nn3cnnc3s2)cc1. The van der Waals surface area contributed by atoms with Crippen LogP contribution in [-0.4, -0.2) is 32.3 Å². The molecule has 0 saturated carbocycles. The maximum atomic E-state index is 12.0. The molecule has 0 bridgehead atoms. The maximum absolute atomic E-state index is 12.0. The highest BCUT2D eigenvalue weighted by atomic mass is 32.1. The Morgan fingerprint density at radius 2 is 2.20 bits per heavy atom. The lowest BCUT2D eigenvalue weighted by molar-refractivity contribution is 0.102. The molecule has 1 N–H and O–H groups in total. The van der Waals surface area contributed by atoms with E-state index >= 15 is 0 Å². The van der Waals surface area contributed by atoms with Crippen LogP contribution < -0.4 is 10.1 Å². The lowest BCUT2D eigenvalue weighted by Crippen LogP contribution is -2.11. The van der Waals surface area contributed by atoms with Crippen molar-refractivity contribution >= 4 is 27.9 Å². The van der Waals surface area contributed by atoms with Crippen molar-refractivity contribution in [3.05, 3.63) is 35.6 Å². The molecule has 0 saturated heterocycles. The minimum absolute atomic E-state index is 0.273. The molecule has 0 atom stereocenters. The zero-order valence-corrected chi connectivity index (χ0v) is 11.4. The van der Waals surface area contributed by atoms with Crippen LogP contribution in [0.25, 0.3) is 4.96 Å². The van der Waals surface area contributed by atoms with Gasteiger partial charge < -0.3 is 10.1 Å². The van der Waals surface area contributed by atoms with Gasteiger partial charge in [0.25, 0.3) is 5.91 Å². The Labute approximate surface area is 118 Å². The van der Waals surface area contributed by atoms with Crippen LogP contribution in [0.2, 0.25) is 0 Å². The monoisotopic (exact) mass is 289 g/mol. The highest BCUT2D eigenvalue weighted by Gasteiger charge is 2.13. The second-order valence-electron chi connectivity index (χ2n) is 3.88. The molecule has 0 aliphatic heterocycles. The molecule has 7 nitrogen and oxygen atoms in total. The van der Waals surface area contributed by atoms with Crippen LogP contribution in [0.5, 0.6) is 5.75 Å². The van der Waals surface area contributed by atoms with E-state index < -0.39 is 0 Å². The van der Waals surface area contributed by atoms with Gasteiger partial charge in [-0.15, -0.1) is 15.3 Å². The van der Waals surface area contributed by atoms with Crippen LogP contribution in [0.3, 0.4) is 0 Å². The van der Waals surface area contributed by atoms with Gasteiger partial charge in [0.05, 0.1) is 6.61 Å². The molecule has 0 aliphatic carbocycles. The summed E-state index contributed by atoms with van der Waals surface area (Å²) >= 11 is 1.18. The summed E-state index contributed by atoms with van der Waals surface area (Å²) in [6.07, 6.45) is 1.46. The second kappa shape index (κ2) is 5.25. The van der Waals surface area contributed by atoms with E-state index in [9.17, 15) is 4.79 Å². The number of hydrogen-bond donors (Lipinski definition) is 1. The highest BCUT2D eigenvalue weighted by molar-refractivity contribution is 7.18. The van der Waals surface area contributed by atoms with E-state index in [2.05, 4.69) is 20.6 Å². The Balaban J connectivity index is 1.73. The fourth-order valence-electron chi connectivity index (χ4n) is 1.64. The van der Waals surface area contributed by atoms with Crippen molar-refractivity contribution in [2.75, 3.05) is 11.9 Å². The number of nitrogens with zero attached hydrogens (tertiary/aromatic N) is 4. The summed E-state index contributed by atoms with van der Waals surface area (Å²) in [5.41, 5.74) is 0.685. The molecule has 0 fully saturated rings. The molecule has 2 aromatic heterocycles. The van der Waals surface area contributed by atoms with Gasteiger partial charge in [-0.1, -0.05) is 11.3 Å². The van der Waals surface area contributed by atoms with Gasteiger partial charge in [-0.25, -0.2) is 0 Å². The van der Waals surface area contributed by atoms with Crippen LogP contribution in [0.4, 0.5) is 5.69 Å². The Morgan fingerprint density at radius 1 is 1.40 bits per heavy atom. The molecule has 0 aliphatic rings. The topological polar surface area (TPSA) is 81.4 Å². The first-order chi connectivity index (χ1) is 9.76. The molecule has 3 rings (SSSR count). The van der Waals surface area contributed by atoms with Gasteiger partial charge in [0, 0.05) is 5.69 Å². The second-order valence-corrected chi connectivity index (χ2v) is 4.83. The first-order valence-corrected chi connectivity index (χ1v) is 6.79. The third-order valence-corrected chi connectivity index (χ3v) is 3.42. The Morgan fingerprint density at radius 3 is 2.90 bits per heavy atom. The van der Waals surface area contributed by atoms with Crippen LogP contribution in [0.15, 0.2) is 30.6 Å². The Hall–Kier alpha value is -2.48. The Bertz CT molecular complexity index is 705. The molecule has 102 valence electrons. The lowest BCUT2D eigenvalue weighted by atomic mass is 10.3. The Kier molecular flexibility index (Phi) is 3.30. The first kappa shape index (κ1) is 12.5. The van der Waals surface area contributed by atoms with Crippen molar-refractivity contribution in [3.63, 3.8) is 0 Å². The smallest absolute Gasteiger partial charge is 0.286 e. The van der Waals surface area contributed by atoms with Gasteiger partial charge in [0.1, 0.15) is 12.1 Å². The molecule has 0 unspecified atom stereocenters. The quantitative estimate of drug-likeness (QED) is 0.792. The third kappa shape index (κ3) is 2.45. The lowest BCUT2D eigenvalue weighted by Gasteiger charge is -2.05. The summed E-state index contributed by atoms with van der Waals surface area (Å²) < 4.78 is 6.81. The average Bonchev–Trinajstić information content (AvgIpc) is 3.02. The summed E-state index contributed by atoms with van der Waals surface area (Å²) in [6, 6.07) is 7.17. The van der Waals surface area contributed by atoms with E-state index in [0.29, 0.717) is 22.3 Å². The van der Waals surface area contributed by atoms with E-state index in [-0.39, 0.29) is 5.91 Å². The van der Waals surface area contributed by atoms with Crippen molar-refractivity contribution in [3.8, 4) is 5.75 Å². The fourth-order valence-corrected chi connectivity index (χ4v) is 2.35. The van der Waals surface area contributed by atoms with Crippen LogP contribution >= 0.6 is 11.3 Å². The molecule has 3 aromatic rings. The molecule has 0 radical (unpaired) electrons. The van der Waals surface area contributed by atoms with Gasteiger partial charge in [-0.05, 0) is 31.2 Å². The molecule has 1 amide bonds. The summed E-state index contributed by atoms with van der Waals surface area (Å²) in [7, 11) is 0. The van der Waals surface area contributed by atoms with Gasteiger partial charge >= 0.3 is 0 Å². The van der Waals surface area contributed by atoms with Crippen LogP contribution in [0, 0.1) is 0 Å². The zero-order valence-electron chi connectivity index (χ0n) is 10.6. The maximum Gasteiger partial charge on any atom is 0.286 e. The number of aromatic nitrogens is 4. The van der Waals surface area contributed by atoms with Crippen molar-refractivity contribution in [2.45, 2.75) is 6.92 Å². The van der Waals surface area contributed by atoms with E-state index in [4.69, 9.17) is 4.74 Å². The molecule has 0 spiro atoms. The number of benzene rings is 1. The number of ether oxygens (including phenoxy) is 1. The van der Waals surface area contributed by atoms with Gasteiger partial charge in [0.2, 0.25) is 9.97 Å². The number of rotatable bonds is 4. The first-order valence-electron chi connectivity index (χ1n) is 5.97. The third-order valence-electron chi connectivity index (χ3n) is 2.50. The molecular formula is C12H11N5O2S. The van der Waals surface area contributed by atoms with Crippen LogP contribution in [-0.2, 0) is 0 Å². The number of carbonyl (C=O) groups excluding carboxylic acids is 1. The predicted molar refractivity (Wildman–Crippen MR) is 74.2 cm³/mol. The predicted octanol–water partition coefficient (Wildman–Crippen LogP) is 1.84. The van der Waals surface area contributed by atoms with E-state index in [1.165, 1.54) is 22.2 Å². The number of carbonyl (C=O) groups is 1. The van der Waals surface area contributed by atoms with E-state index in [1.807, 2.05) is 6.92 Å². The van der Waals surface area contributed by atoms with E-state index in [1.54, 1.807) is 24.3 Å². The highest BCUT2D eigenvalue weighted by Crippen LogP contribution is 2.18. The summed E-state index contributed by atoms with van der Waals surface area (Å²) in [6.45, 7) is 2.53. The van der Waals surface area contributed by atoms with Crippen LogP contribution in [0.1, 0.15) is 16.7 Å². The average molecular weight is 289 g/mol. The number of amides is 1. The summed E-state index contributed by atoms with van der Waals surface area (Å²) in [4.78, 5) is 12.6. The van der Waals surface area contributed by atoms with Gasteiger partial charge in [-0.3, -0.25) is 4.79 Å². The standard InChI is InChI=1S/C12H11N5O2S/c1-2-19-9-5-3-8(4-6-9)14-10(18)11-16-17-7-13-15-12(17)20-11/h3-7H,2H2,1H3,(H,14,18). The fraction of sp³-hybridized carbons (Fsp3) is 0.167. The van der Waals surface area contributed by atoms with Crippen molar-refractivity contribution in [2.24, 2.45) is 0 Å². The molecule has 2 heterocycles. The van der Waals surface area contributed by atoms with Gasteiger partial charge in [-0.2, -0.15) is 4.52 Å². The number of hydrogen-bond acceptors (Lipinski definition) is 6. The van der Waals surface area contributed by atoms with Gasteiger partial charge in [0.15, 0.2) is 0 Å². The minimum Gasteiger partial charge on any atom is -0.494 e. The van der Waals surface area contributed by atoms with E-state index in [0.717, 1.165) is 5.75 Å². The molecule has 8 heteroatoms. The zero-order chi connectivity index (χ0) is 13.9. The molecule has 1 aromatic carbocycles. The van der Waals surface area contributed by atoms with Crippen molar-refractivity contribution in [1.29, 1.82) is 0 Å². The minimum atomic E-state index is -0.273. The molecular weight excluding hydrogens is 278 g/mol. The van der Waals surface area contributed by atoms with Crippen molar-refractivity contribution in [1.82, 2.24) is 19.8 Å². The summed E-state index contributed by atoms with van der Waals surface area (Å²) in [5, 5.41) is 14.7. The molecule has 20 heavy (non-hydrogen) atoms.